The first-order valence-electron chi connectivity index (χ1n) is 8.01. The Kier molecular flexibility index (Phi) is 4.01. The maximum absolute atomic E-state index is 11.3. The maximum Gasteiger partial charge on any atom is 0.308 e. The summed E-state index contributed by atoms with van der Waals surface area (Å²) in [5.41, 5.74) is 2.13. The molecule has 1 fully saturated rings. The van der Waals surface area contributed by atoms with Gasteiger partial charge in [0.1, 0.15) is 22.7 Å². The number of aromatic nitrogens is 2. The van der Waals surface area contributed by atoms with Gasteiger partial charge in [0.05, 0.1) is 18.4 Å². The van der Waals surface area contributed by atoms with Crippen LogP contribution in [0.1, 0.15) is 6.42 Å². The van der Waals surface area contributed by atoms with E-state index in [1.165, 1.54) is 0 Å². The number of thiophene rings is 1. The van der Waals surface area contributed by atoms with Crippen molar-refractivity contribution in [3.63, 3.8) is 0 Å². The maximum atomic E-state index is 11.3. The van der Waals surface area contributed by atoms with Gasteiger partial charge in [0.15, 0.2) is 0 Å². The first-order valence-corrected chi connectivity index (χ1v) is 8.89. The summed E-state index contributed by atoms with van der Waals surface area (Å²) in [5.74, 6) is 0.547. The van der Waals surface area contributed by atoms with E-state index in [1.54, 1.807) is 24.8 Å². The van der Waals surface area contributed by atoms with Gasteiger partial charge in [-0.15, -0.1) is 11.3 Å². The summed E-state index contributed by atoms with van der Waals surface area (Å²) in [7, 11) is 1.65. The Morgan fingerprint density at radius 2 is 2.12 bits per heavy atom. The Hall–Kier alpha value is -2.67. The zero-order valence-corrected chi connectivity index (χ0v) is 14.5. The predicted molar refractivity (Wildman–Crippen MR) is 97.4 cm³/mol. The highest BCUT2D eigenvalue weighted by Gasteiger charge is 2.30. The number of fused-ring (bicyclic) bond motifs is 1. The highest BCUT2D eigenvalue weighted by atomic mass is 32.1. The van der Waals surface area contributed by atoms with Crippen LogP contribution in [-0.2, 0) is 4.79 Å². The molecule has 0 bridgehead atoms. The molecule has 0 amide bonds. The van der Waals surface area contributed by atoms with Crippen LogP contribution in [0.4, 0.5) is 5.82 Å². The van der Waals surface area contributed by atoms with Crippen molar-refractivity contribution in [3.05, 3.63) is 36.0 Å². The summed E-state index contributed by atoms with van der Waals surface area (Å²) in [5, 5.41) is 12.3. The second-order valence-electron chi connectivity index (χ2n) is 6.03. The molecule has 0 spiro atoms. The molecule has 1 atom stereocenters. The molecular formula is C18H17N3O3S. The largest absolute Gasteiger partial charge is 0.497 e. The summed E-state index contributed by atoms with van der Waals surface area (Å²) >= 11 is 1.57. The fraction of sp³-hybridized carbons (Fsp3) is 0.278. The molecule has 1 aliphatic heterocycles. The quantitative estimate of drug-likeness (QED) is 0.774. The third-order valence-electron chi connectivity index (χ3n) is 4.59. The lowest BCUT2D eigenvalue weighted by molar-refractivity contribution is -0.140. The third-order valence-corrected chi connectivity index (χ3v) is 5.47. The SMILES string of the molecule is COc1ccc(-c2csc3ncnc(N4CCC(C(=O)O)C4)c23)cc1. The molecule has 1 N–H and O–H groups in total. The van der Waals surface area contributed by atoms with Crippen LogP contribution >= 0.6 is 11.3 Å². The zero-order chi connectivity index (χ0) is 17.4. The minimum absolute atomic E-state index is 0.340. The van der Waals surface area contributed by atoms with Crippen molar-refractivity contribution in [3.8, 4) is 16.9 Å². The number of benzene rings is 1. The molecule has 4 rings (SSSR count). The lowest BCUT2D eigenvalue weighted by atomic mass is 10.1. The number of carboxylic acid groups (broad SMARTS) is 1. The molecule has 2 aromatic heterocycles. The number of carboxylic acids is 1. The van der Waals surface area contributed by atoms with Gasteiger partial charge in [-0.1, -0.05) is 12.1 Å². The van der Waals surface area contributed by atoms with Gasteiger partial charge in [-0.3, -0.25) is 4.79 Å². The van der Waals surface area contributed by atoms with Crippen molar-refractivity contribution in [2.45, 2.75) is 6.42 Å². The fourth-order valence-electron chi connectivity index (χ4n) is 3.24. The molecule has 1 saturated heterocycles. The molecular weight excluding hydrogens is 338 g/mol. The summed E-state index contributed by atoms with van der Waals surface area (Å²) < 4.78 is 5.23. The average molecular weight is 355 g/mol. The third kappa shape index (κ3) is 2.80. The molecule has 6 nitrogen and oxygen atoms in total. The predicted octanol–water partition coefficient (Wildman–Crippen LogP) is 3.28. The summed E-state index contributed by atoms with van der Waals surface area (Å²) in [6.07, 6.45) is 2.20. The van der Waals surface area contributed by atoms with E-state index in [0.717, 1.165) is 32.9 Å². The smallest absolute Gasteiger partial charge is 0.308 e. The summed E-state index contributed by atoms with van der Waals surface area (Å²) in [6.45, 7) is 1.18. The summed E-state index contributed by atoms with van der Waals surface area (Å²) in [4.78, 5) is 23.1. The van der Waals surface area contributed by atoms with Crippen molar-refractivity contribution < 1.29 is 14.6 Å². The van der Waals surface area contributed by atoms with Gasteiger partial charge < -0.3 is 14.7 Å². The van der Waals surface area contributed by atoms with E-state index < -0.39 is 5.97 Å². The molecule has 1 aliphatic rings. The number of nitrogens with zero attached hydrogens (tertiary/aromatic N) is 3. The standard InChI is InChI=1S/C18H17N3O3S/c1-24-13-4-2-11(3-5-13)14-9-25-17-15(14)16(19-10-20-17)21-7-6-12(8-21)18(22)23/h2-5,9-10,12H,6-8H2,1H3,(H,22,23). The normalized spacial score (nSPS) is 17.2. The molecule has 0 radical (unpaired) electrons. The lowest BCUT2D eigenvalue weighted by Gasteiger charge is -2.18. The van der Waals surface area contributed by atoms with Gasteiger partial charge in [-0.25, -0.2) is 9.97 Å². The van der Waals surface area contributed by atoms with Gasteiger partial charge in [-0.2, -0.15) is 0 Å². The molecule has 3 heterocycles. The van der Waals surface area contributed by atoms with E-state index in [4.69, 9.17) is 4.74 Å². The molecule has 7 heteroatoms. The van der Waals surface area contributed by atoms with Crippen LogP contribution in [0.15, 0.2) is 36.0 Å². The van der Waals surface area contributed by atoms with Gasteiger partial charge in [-0.05, 0) is 24.1 Å². The Balaban J connectivity index is 1.78. The van der Waals surface area contributed by atoms with Crippen LogP contribution in [-0.4, -0.2) is 41.2 Å². The van der Waals surface area contributed by atoms with E-state index in [0.29, 0.717) is 19.5 Å². The molecule has 0 aliphatic carbocycles. The number of rotatable bonds is 4. The zero-order valence-electron chi connectivity index (χ0n) is 13.7. The number of carbonyl (C=O) groups is 1. The molecule has 0 saturated carbocycles. The van der Waals surface area contributed by atoms with E-state index in [1.807, 2.05) is 24.3 Å². The Morgan fingerprint density at radius 3 is 2.80 bits per heavy atom. The number of hydrogen-bond donors (Lipinski definition) is 1. The van der Waals surface area contributed by atoms with Crippen LogP contribution in [0.5, 0.6) is 5.75 Å². The van der Waals surface area contributed by atoms with Crippen LogP contribution in [0.3, 0.4) is 0 Å². The van der Waals surface area contributed by atoms with Crippen molar-refractivity contribution in [2.24, 2.45) is 5.92 Å². The topological polar surface area (TPSA) is 75.6 Å². The second-order valence-corrected chi connectivity index (χ2v) is 6.88. The van der Waals surface area contributed by atoms with Gasteiger partial charge in [0.25, 0.3) is 0 Å². The van der Waals surface area contributed by atoms with Crippen molar-refractivity contribution >= 4 is 33.3 Å². The van der Waals surface area contributed by atoms with Crippen molar-refractivity contribution in [1.82, 2.24) is 9.97 Å². The van der Waals surface area contributed by atoms with Crippen LogP contribution < -0.4 is 9.64 Å². The lowest BCUT2D eigenvalue weighted by Crippen LogP contribution is -2.23. The van der Waals surface area contributed by atoms with Crippen LogP contribution in [0, 0.1) is 5.92 Å². The highest BCUT2D eigenvalue weighted by molar-refractivity contribution is 7.17. The molecule has 25 heavy (non-hydrogen) atoms. The molecule has 1 aromatic carbocycles. The van der Waals surface area contributed by atoms with E-state index in [2.05, 4.69) is 20.2 Å². The van der Waals surface area contributed by atoms with Crippen molar-refractivity contribution in [2.75, 3.05) is 25.1 Å². The molecule has 3 aromatic rings. The second kappa shape index (κ2) is 6.33. The highest BCUT2D eigenvalue weighted by Crippen LogP contribution is 2.39. The number of hydrogen-bond acceptors (Lipinski definition) is 6. The Morgan fingerprint density at radius 1 is 1.32 bits per heavy atom. The Labute approximate surface area is 148 Å². The molecule has 1 unspecified atom stereocenters. The number of anilines is 1. The minimum atomic E-state index is -0.742. The van der Waals surface area contributed by atoms with Crippen molar-refractivity contribution in [1.29, 1.82) is 0 Å². The number of aliphatic carboxylic acids is 1. The van der Waals surface area contributed by atoms with E-state index >= 15 is 0 Å². The van der Waals surface area contributed by atoms with Gasteiger partial charge >= 0.3 is 5.97 Å². The first kappa shape index (κ1) is 15.8. The van der Waals surface area contributed by atoms with Crippen LogP contribution in [0.25, 0.3) is 21.3 Å². The van der Waals surface area contributed by atoms with Gasteiger partial charge in [0, 0.05) is 24.0 Å². The number of ether oxygens (including phenoxy) is 1. The average Bonchev–Trinajstić information content (AvgIpc) is 3.29. The monoisotopic (exact) mass is 355 g/mol. The minimum Gasteiger partial charge on any atom is -0.497 e. The van der Waals surface area contributed by atoms with E-state index in [9.17, 15) is 9.90 Å². The number of methoxy groups -OCH3 is 1. The van der Waals surface area contributed by atoms with Crippen LogP contribution in [0.2, 0.25) is 0 Å². The van der Waals surface area contributed by atoms with Gasteiger partial charge in [0.2, 0.25) is 0 Å². The Bertz CT molecular complexity index is 923. The first-order chi connectivity index (χ1) is 12.2. The summed E-state index contributed by atoms with van der Waals surface area (Å²) in [6, 6.07) is 7.89. The fourth-order valence-corrected chi connectivity index (χ4v) is 4.15. The van der Waals surface area contributed by atoms with E-state index in [-0.39, 0.29) is 5.92 Å². The molecule has 128 valence electrons.